The number of rotatable bonds is 3. The highest BCUT2D eigenvalue weighted by Gasteiger charge is 2.49. The van der Waals surface area contributed by atoms with Crippen LogP contribution in [0.1, 0.15) is 23.7 Å². The molecular weight excluding hydrogens is 363 g/mol. The van der Waals surface area contributed by atoms with Gasteiger partial charge < -0.3 is 5.32 Å². The minimum absolute atomic E-state index is 0.137. The van der Waals surface area contributed by atoms with Gasteiger partial charge in [-0.1, -0.05) is 18.2 Å². The van der Waals surface area contributed by atoms with Crippen LogP contribution >= 0.6 is 0 Å². The Morgan fingerprint density at radius 1 is 1.14 bits per heavy atom. The van der Waals surface area contributed by atoms with E-state index in [1.54, 1.807) is 19.2 Å². The normalized spacial score (nSPS) is 19.3. The molecule has 0 radical (unpaired) electrons. The standard InChI is InChI=1S/C20H17FN4O3/c1-12-4-3-9-24-16(26)10-15(22-17(12)24)11-25-18(27)20(2,23-19(25)28)13-5-7-14(21)8-6-13/h3-10H,11H2,1-2H3,(H,23,28). The summed E-state index contributed by atoms with van der Waals surface area (Å²) in [5.41, 5.74) is 0.445. The second kappa shape index (κ2) is 6.26. The number of nitrogens with one attached hydrogen (secondary N) is 1. The van der Waals surface area contributed by atoms with Crippen LogP contribution in [0.4, 0.5) is 9.18 Å². The SMILES string of the molecule is Cc1cccn2c(=O)cc(CN3C(=O)NC(C)(c4ccc(F)cc4)C3=O)nc12. The first-order chi connectivity index (χ1) is 13.3. The minimum atomic E-state index is -1.31. The Hall–Kier alpha value is -3.55. The minimum Gasteiger partial charge on any atom is -0.319 e. The van der Waals surface area contributed by atoms with E-state index in [4.69, 9.17) is 0 Å². The highest BCUT2D eigenvalue weighted by atomic mass is 19.1. The Morgan fingerprint density at radius 3 is 2.57 bits per heavy atom. The van der Waals surface area contributed by atoms with Gasteiger partial charge in [-0.15, -0.1) is 0 Å². The Balaban J connectivity index is 1.69. The maximum absolute atomic E-state index is 13.2. The zero-order valence-corrected chi connectivity index (χ0v) is 15.3. The highest BCUT2D eigenvalue weighted by Crippen LogP contribution is 2.29. The molecule has 142 valence electrons. The number of aryl methyl sites for hydroxylation is 1. The van der Waals surface area contributed by atoms with Crippen molar-refractivity contribution in [3.05, 3.63) is 81.7 Å². The molecular formula is C20H17FN4O3. The summed E-state index contributed by atoms with van der Waals surface area (Å²) in [4.78, 5) is 43.3. The number of urea groups is 1. The van der Waals surface area contributed by atoms with E-state index in [1.165, 1.54) is 34.7 Å². The predicted octanol–water partition coefficient (Wildman–Crippen LogP) is 2.11. The molecule has 1 fully saturated rings. The zero-order valence-electron chi connectivity index (χ0n) is 15.3. The number of nitrogens with zero attached hydrogens (tertiary/aromatic N) is 3. The lowest BCUT2D eigenvalue weighted by molar-refractivity contribution is -0.131. The first-order valence-corrected chi connectivity index (χ1v) is 8.68. The molecule has 3 aromatic rings. The largest absolute Gasteiger partial charge is 0.325 e. The van der Waals surface area contributed by atoms with Gasteiger partial charge in [0.15, 0.2) is 0 Å². The van der Waals surface area contributed by atoms with Crippen molar-refractivity contribution in [3.63, 3.8) is 0 Å². The molecule has 7 nitrogen and oxygen atoms in total. The van der Waals surface area contributed by atoms with Gasteiger partial charge in [-0.2, -0.15) is 0 Å². The molecule has 3 heterocycles. The maximum atomic E-state index is 13.2. The van der Waals surface area contributed by atoms with E-state index < -0.39 is 23.3 Å². The van der Waals surface area contributed by atoms with Crippen molar-refractivity contribution in [3.8, 4) is 0 Å². The van der Waals surface area contributed by atoms with Crippen LogP contribution < -0.4 is 10.9 Å². The number of amides is 3. The number of carbonyl (C=O) groups excluding carboxylic acids is 2. The van der Waals surface area contributed by atoms with Gasteiger partial charge in [0.25, 0.3) is 11.5 Å². The van der Waals surface area contributed by atoms with Gasteiger partial charge in [-0.3, -0.25) is 18.9 Å². The summed E-state index contributed by atoms with van der Waals surface area (Å²) in [5.74, 6) is -0.923. The van der Waals surface area contributed by atoms with Crippen LogP contribution in [-0.2, 0) is 16.9 Å². The Bertz CT molecular complexity index is 1170. The van der Waals surface area contributed by atoms with Crippen LogP contribution in [-0.4, -0.2) is 26.2 Å². The van der Waals surface area contributed by atoms with Gasteiger partial charge in [0.2, 0.25) is 0 Å². The van der Waals surface area contributed by atoms with Crippen molar-refractivity contribution in [2.45, 2.75) is 25.9 Å². The van der Waals surface area contributed by atoms with Crippen LogP contribution in [0.3, 0.4) is 0 Å². The van der Waals surface area contributed by atoms with Gasteiger partial charge >= 0.3 is 6.03 Å². The topological polar surface area (TPSA) is 83.8 Å². The van der Waals surface area contributed by atoms with Gasteiger partial charge in [0.1, 0.15) is 17.0 Å². The lowest BCUT2D eigenvalue weighted by Gasteiger charge is -2.22. The van der Waals surface area contributed by atoms with Gasteiger partial charge in [0.05, 0.1) is 12.2 Å². The fraction of sp³-hybridized carbons (Fsp3) is 0.200. The van der Waals surface area contributed by atoms with Crippen molar-refractivity contribution in [1.82, 2.24) is 19.6 Å². The molecule has 0 aliphatic carbocycles. The molecule has 1 N–H and O–H groups in total. The number of benzene rings is 1. The summed E-state index contributed by atoms with van der Waals surface area (Å²) in [5, 5.41) is 2.65. The molecule has 3 amide bonds. The highest BCUT2D eigenvalue weighted by molar-refractivity contribution is 6.07. The van der Waals surface area contributed by atoms with Crippen molar-refractivity contribution >= 4 is 17.6 Å². The summed E-state index contributed by atoms with van der Waals surface area (Å²) in [7, 11) is 0. The Kier molecular flexibility index (Phi) is 3.99. The summed E-state index contributed by atoms with van der Waals surface area (Å²) in [6, 6.07) is 9.67. The Labute approximate surface area is 159 Å². The molecule has 0 spiro atoms. The number of fused-ring (bicyclic) bond motifs is 1. The van der Waals surface area contributed by atoms with E-state index >= 15 is 0 Å². The van der Waals surface area contributed by atoms with Crippen molar-refractivity contribution in [2.24, 2.45) is 0 Å². The third-order valence-electron chi connectivity index (χ3n) is 4.96. The van der Waals surface area contributed by atoms with E-state index in [2.05, 4.69) is 10.3 Å². The number of hydrogen-bond donors (Lipinski definition) is 1. The number of pyridine rings is 1. The van der Waals surface area contributed by atoms with Gasteiger partial charge in [-0.05, 0) is 43.2 Å². The Morgan fingerprint density at radius 2 is 1.86 bits per heavy atom. The lowest BCUT2D eigenvalue weighted by Crippen LogP contribution is -2.40. The van der Waals surface area contributed by atoms with Crippen LogP contribution in [0.15, 0.2) is 53.5 Å². The molecule has 1 saturated heterocycles. The van der Waals surface area contributed by atoms with Crippen molar-refractivity contribution < 1.29 is 14.0 Å². The second-order valence-electron chi connectivity index (χ2n) is 6.92. The van der Waals surface area contributed by atoms with Gasteiger partial charge in [0, 0.05) is 12.3 Å². The zero-order chi connectivity index (χ0) is 20.1. The number of carbonyl (C=O) groups is 2. The van der Waals surface area contributed by atoms with E-state index in [1.807, 2.05) is 13.0 Å². The van der Waals surface area contributed by atoms with Gasteiger partial charge in [-0.25, -0.2) is 14.2 Å². The third kappa shape index (κ3) is 2.74. The molecule has 1 aliphatic heterocycles. The molecule has 8 heteroatoms. The molecule has 2 aromatic heterocycles. The fourth-order valence-electron chi connectivity index (χ4n) is 3.37. The van der Waals surface area contributed by atoms with E-state index in [9.17, 15) is 18.8 Å². The quantitative estimate of drug-likeness (QED) is 0.706. The summed E-state index contributed by atoms with van der Waals surface area (Å²) >= 11 is 0. The summed E-state index contributed by atoms with van der Waals surface area (Å²) < 4.78 is 14.6. The monoisotopic (exact) mass is 380 g/mol. The molecule has 0 saturated carbocycles. The number of aromatic nitrogens is 2. The molecule has 4 rings (SSSR count). The van der Waals surface area contributed by atoms with Crippen LogP contribution in [0.2, 0.25) is 0 Å². The first-order valence-electron chi connectivity index (χ1n) is 8.68. The van der Waals surface area contributed by atoms with Crippen LogP contribution in [0.5, 0.6) is 0 Å². The third-order valence-corrected chi connectivity index (χ3v) is 4.96. The number of halogens is 1. The van der Waals surface area contributed by atoms with E-state index in [0.29, 0.717) is 16.9 Å². The molecule has 1 unspecified atom stereocenters. The van der Waals surface area contributed by atoms with Crippen molar-refractivity contribution in [1.29, 1.82) is 0 Å². The maximum Gasteiger partial charge on any atom is 0.325 e. The van der Waals surface area contributed by atoms with Crippen LogP contribution in [0, 0.1) is 12.7 Å². The fourth-order valence-corrected chi connectivity index (χ4v) is 3.37. The molecule has 1 aliphatic rings. The average Bonchev–Trinajstić information content (AvgIpc) is 2.87. The summed E-state index contributed by atoms with van der Waals surface area (Å²) in [6.45, 7) is 3.25. The number of hydrogen-bond acceptors (Lipinski definition) is 4. The molecule has 1 atom stereocenters. The average molecular weight is 380 g/mol. The van der Waals surface area contributed by atoms with E-state index in [0.717, 1.165) is 10.5 Å². The predicted molar refractivity (Wildman–Crippen MR) is 99.0 cm³/mol. The molecule has 0 bridgehead atoms. The number of imide groups is 1. The first kappa shape index (κ1) is 17.8. The van der Waals surface area contributed by atoms with E-state index in [-0.39, 0.29) is 12.1 Å². The second-order valence-corrected chi connectivity index (χ2v) is 6.92. The van der Waals surface area contributed by atoms with Crippen LogP contribution in [0.25, 0.3) is 5.65 Å². The summed E-state index contributed by atoms with van der Waals surface area (Å²) in [6.07, 6.45) is 1.61. The molecule has 28 heavy (non-hydrogen) atoms. The van der Waals surface area contributed by atoms with Crippen molar-refractivity contribution in [2.75, 3.05) is 0 Å². The smallest absolute Gasteiger partial charge is 0.319 e. The lowest BCUT2D eigenvalue weighted by atomic mass is 9.92. The molecule has 1 aromatic carbocycles.